The van der Waals surface area contributed by atoms with Crippen molar-refractivity contribution in [1.82, 2.24) is 4.98 Å². The van der Waals surface area contributed by atoms with Gasteiger partial charge in [0, 0.05) is 11.8 Å². The number of hydrogen-bond acceptors (Lipinski definition) is 4. The van der Waals surface area contributed by atoms with Crippen molar-refractivity contribution in [3.63, 3.8) is 0 Å². The second-order valence-corrected chi connectivity index (χ2v) is 4.49. The van der Waals surface area contributed by atoms with E-state index in [0.29, 0.717) is 17.9 Å². The Kier molecular flexibility index (Phi) is 4.11. The predicted octanol–water partition coefficient (Wildman–Crippen LogP) is 3.04. The summed E-state index contributed by atoms with van der Waals surface area (Å²) in [6.07, 6.45) is 1.59. The van der Waals surface area contributed by atoms with Crippen LogP contribution >= 0.6 is 0 Å². The zero-order valence-corrected chi connectivity index (χ0v) is 11.4. The number of pyridine rings is 1. The number of rotatable bonds is 4. The molecular weight excluding hydrogens is 252 g/mol. The van der Waals surface area contributed by atoms with E-state index < -0.39 is 0 Å². The lowest BCUT2D eigenvalue weighted by Gasteiger charge is -2.10. The number of nitrogens with zero attached hydrogens (tertiary/aromatic N) is 2. The molecule has 0 saturated heterocycles. The molecule has 4 heteroatoms. The molecular formula is C16H14N2O2. The molecule has 1 heterocycles. The van der Waals surface area contributed by atoms with Crippen molar-refractivity contribution in [3.8, 4) is 11.8 Å². The molecule has 20 heavy (non-hydrogen) atoms. The second kappa shape index (κ2) is 5.98. The number of benzene rings is 1. The van der Waals surface area contributed by atoms with E-state index in [4.69, 9.17) is 10.00 Å². The van der Waals surface area contributed by atoms with E-state index in [9.17, 15) is 4.79 Å². The van der Waals surface area contributed by atoms with Crippen LogP contribution in [0.3, 0.4) is 0 Å². The lowest BCUT2D eigenvalue weighted by molar-refractivity contribution is 0.101. The van der Waals surface area contributed by atoms with E-state index >= 15 is 0 Å². The first-order valence-corrected chi connectivity index (χ1v) is 6.19. The Balaban J connectivity index is 2.11. The van der Waals surface area contributed by atoms with Crippen molar-refractivity contribution in [1.29, 1.82) is 5.26 Å². The van der Waals surface area contributed by atoms with Crippen molar-refractivity contribution in [2.75, 3.05) is 0 Å². The third-order valence-corrected chi connectivity index (χ3v) is 2.91. The summed E-state index contributed by atoms with van der Waals surface area (Å²) in [6.45, 7) is 3.79. The number of aromatic nitrogens is 1. The van der Waals surface area contributed by atoms with Crippen molar-refractivity contribution < 1.29 is 9.53 Å². The smallest absolute Gasteiger partial charge is 0.159 e. The number of ether oxygens (including phenoxy) is 1. The quantitative estimate of drug-likeness (QED) is 0.798. The maximum Gasteiger partial charge on any atom is 0.159 e. The predicted molar refractivity (Wildman–Crippen MR) is 74.5 cm³/mol. The van der Waals surface area contributed by atoms with Crippen LogP contribution < -0.4 is 4.74 Å². The van der Waals surface area contributed by atoms with E-state index in [1.165, 1.54) is 6.92 Å². The van der Waals surface area contributed by atoms with Crippen LogP contribution in [0.5, 0.6) is 5.75 Å². The van der Waals surface area contributed by atoms with Crippen LogP contribution in [-0.4, -0.2) is 10.8 Å². The lowest BCUT2D eigenvalue weighted by Crippen LogP contribution is -2.00. The number of aryl methyl sites for hydroxylation is 1. The van der Waals surface area contributed by atoms with Gasteiger partial charge >= 0.3 is 0 Å². The maximum atomic E-state index is 11.3. The van der Waals surface area contributed by atoms with Gasteiger partial charge in [-0.3, -0.25) is 4.79 Å². The fourth-order valence-electron chi connectivity index (χ4n) is 1.82. The minimum Gasteiger partial charge on any atom is -0.489 e. The minimum absolute atomic E-state index is 0.0347. The lowest BCUT2D eigenvalue weighted by atomic mass is 10.1. The standard InChI is InChI=1S/C16H14N2O2/c1-11-7-14(12(2)19)3-4-16(11)20-10-13-5-6-18-15(8-13)9-17/h3-8H,10H2,1-2H3. The molecule has 0 N–H and O–H groups in total. The first-order chi connectivity index (χ1) is 9.60. The molecule has 0 bridgehead atoms. The monoisotopic (exact) mass is 266 g/mol. The average molecular weight is 266 g/mol. The summed E-state index contributed by atoms with van der Waals surface area (Å²) in [4.78, 5) is 15.2. The van der Waals surface area contributed by atoms with Gasteiger partial charge in [-0.15, -0.1) is 0 Å². The molecule has 2 rings (SSSR count). The summed E-state index contributed by atoms with van der Waals surface area (Å²) in [7, 11) is 0. The Morgan fingerprint density at radius 2 is 2.15 bits per heavy atom. The number of Topliss-reactive ketones (excluding diaryl/α,β-unsaturated/α-hetero) is 1. The van der Waals surface area contributed by atoms with Crippen molar-refractivity contribution in [2.24, 2.45) is 0 Å². The largest absolute Gasteiger partial charge is 0.489 e. The van der Waals surface area contributed by atoms with Crippen molar-refractivity contribution >= 4 is 5.78 Å². The summed E-state index contributed by atoms with van der Waals surface area (Å²) in [6, 6.07) is 10.8. The molecule has 1 aromatic heterocycles. The minimum atomic E-state index is 0.0347. The molecule has 0 radical (unpaired) electrons. The molecule has 0 amide bonds. The number of nitriles is 1. The summed E-state index contributed by atoms with van der Waals surface area (Å²) >= 11 is 0. The normalized spacial score (nSPS) is 9.85. The Morgan fingerprint density at radius 1 is 1.35 bits per heavy atom. The van der Waals surface area contributed by atoms with Crippen LogP contribution in [0.1, 0.15) is 34.1 Å². The molecule has 0 unspecified atom stereocenters. The van der Waals surface area contributed by atoms with E-state index in [2.05, 4.69) is 4.98 Å². The molecule has 0 atom stereocenters. The molecule has 0 aliphatic heterocycles. The fourth-order valence-corrected chi connectivity index (χ4v) is 1.82. The number of carbonyl (C=O) groups is 1. The van der Waals surface area contributed by atoms with Crippen molar-refractivity contribution in [3.05, 3.63) is 58.9 Å². The second-order valence-electron chi connectivity index (χ2n) is 4.49. The van der Waals surface area contributed by atoms with Crippen LogP contribution in [-0.2, 0) is 6.61 Å². The first-order valence-electron chi connectivity index (χ1n) is 6.19. The number of carbonyl (C=O) groups excluding carboxylic acids is 1. The Labute approximate surface area is 117 Å². The van der Waals surface area contributed by atoms with Gasteiger partial charge in [-0.05, 0) is 55.3 Å². The molecule has 0 saturated carbocycles. The van der Waals surface area contributed by atoms with E-state index in [0.717, 1.165) is 16.9 Å². The highest BCUT2D eigenvalue weighted by molar-refractivity contribution is 5.94. The van der Waals surface area contributed by atoms with E-state index in [-0.39, 0.29) is 5.78 Å². The Hall–Kier alpha value is -2.67. The fraction of sp³-hybridized carbons (Fsp3) is 0.188. The number of ketones is 1. The molecule has 100 valence electrons. The highest BCUT2D eigenvalue weighted by Crippen LogP contribution is 2.20. The number of hydrogen-bond donors (Lipinski definition) is 0. The summed E-state index contributed by atoms with van der Waals surface area (Å²) < 4.78 is 5.71. The van der Waals surface area contributed by atoms with Gasteiger partial charge in [0.25, 0.3) is 0 Å². The zero-order valence-electron chi connectivity index (χ0n) is 11.4. The van der Waals surface area contributed by atoms with Gasteiger partial charge < -0.3 is 4.74 Å². The van der Waals surface area contributed by atoms with Crippen LogP contribution in [0.25, 0.3) is 0 Å². The third-order valence-electron chi connectivity index (χ3n) is 2.91. The summed E-state index contributed by atoms with van der Waals surface area (Å²) in [5.41, 5.74) is 2.83. The van der Waals surface area contributed by atoms with E-state index in [1.807, 2.05) is 19.1 Å². The van der Waals surface area contributed by atoms with Crippen molar-refractivity contribution in [2.45, 2.75) is 20.5 Å². The van der Waals surface area contributed by atoms with Gasteiger partial charge in [-0.1, -0.05) is 0 Å². The van der Waals surface area contributed by atoms with Crippen LogP contribution in [0.2, 0.25) is 0 Å². The molecule has 0 fully saturated rings. The summed E-state index contributed by atoms with van der Waals surface area (Å²) in [5, 5.41) is 8.79. The van der Waals surface area contributed by atoms with Gasteiger partial charge in [-0.25, -0.2) is 4.98 Å². The van der Waals surface area contributed by atoms with Crippen LogP contribution in [0, 0.1) is 18.3 Å². The van der Waals surface area contributed by atoms with Crippen LogP contribution in [0.4, 0.5) is 0 Å². The maximum absolute atomic E-state index is 11.3. The Bertz CT molecular complexity index is 687. The molecule has 0 aliphatic carbocycles. The van der Waals surface area contributed by atoms with Gasteiger partial charge in [0.1, 0.15) is 24.1 Å². The van der Waals surface area contributed by atoms with Gasteiger partial charge in [0.2, 0.25) is 0 Å². The first kappa shape index (κ1) is 13.8. The zero-order chi connectivity index (χ0) is 14.5. The average Bonchev–Trinajstić information content (AvgIpc) is 2.46. The highest BCUT2D eigenvalue weighted by Gasteiger charge is 2.05. The Morgan fingerprint density at radius 3 is 2.80 bits per heavy atom. The molecule has 1 aromatic carbocycles. The summed E-state index contributed by atoms with van der Waals surface area (Å²) in [5.74, 6) is 0.762. The third kappa shape index (κ3) is 3.21. The molecule has 0 spiro atoms. The highest BCUT2D eigenvalue weighted by atomic mass is 16.5. The van der Waals surface area contributed by atoms with Gasteiger partial charge in [0.05, 0.1) is 0 Å². The van der Waals surface area contributed by atoms with Gasteiger partial charge in [-0.2, -0.15) is 5.26 Å². The SMILES string of the molecule is CC(=O)c1ccc(OCc2ccnc(C#N)c2)c(C)c1. The molecule has 2 aromatic rings. The molecule has 4 nitrogen and oxygen atoms in total. The topological polar surface area (TPSA) is 63.0 Å². The van der Waals surface area contributed by atoms with Crippen LogP contribution in [0.15, 0.2) is 36.5 Å². The van der Waals surface area contributed by atoms with E-state index in [1.54, 1.807) is 30.5 Å². The molecule has 0 aliphatic rings. The van der Waals surface area contributed by atoms with Gasteiger partial charge in [0.15, 0.2) is 5.78 Å².